The van der Waals surface area contributed by atoms with Gasteiger partial charge in [0.1, 0.15) is 0 Å². The largest absolute Gasteiger partial charge is 0.396 e. The standard InChI is InChI=1S/C12H19NO/c1-9-5-3-4-6-11(9)12(7-8-14)10(2)13/h3-6,10,12,14H,7-8,13H2,1-2H3. The third-order valence-electron chi connectivity index (χ3n) is 2.66. The number of hydrogen-bond acceptors (Lipinski definition) is 2. The fourth-order valence-electron chi connectivity index (χ4n) is 1.84. The van der Waals surface area contributed by atoms with Gasteiger partial charge in [0.15, 0.2) is 0 Å². The second-order valence-corrected chi connectivity index (χ2v) is 3.83. The van der Waals surface area contributed by atoms with E-state index in [1.54, 1.807) is 0 Å². The molecule has 2 heteroatoms. The van der Waals surface area contributed by atoms with Crippen LogP contribution >= 0.6 is 0 Å². The van der Waals surface area contributed by atoms with Gasteiger partial charge in [-0.1, -0.05) is 24.3 Å². The zero-order chi connectivity index (χ0) is 10.6. The molecular weight excluding hydrogens is 174 g/mol. The Bertz CT molecular complexity index is 283. The SMILES string of the molecule is Cc1ccccc1C(CCO)C(C)N. The van der Waals surface area contributed by atoms with Crippen molar-refractivity contribution in [2.75, 3.05) is 6.61 Å². The fourth-order valence-corrected chi connectivity index (χ4v) is 1.84. The van der Waals surface area contributed by atoms with Crippen LogP contribution in [-0.2, 0) is 0 Å². The van der Waals surface area contributed by atoms with E-state index in [1.807, 2.05) is 19.1 Å². The third-order valence-corrected chi connectivity index (χ3v) is 2.66. The highest BCUT2D eigenvalue weighted by molar-refractivity contribution is 5.30. The summed E-state index contributed by atoms with van der Waals surface area (Å²) >= 11 is 0. The summed E-state index contributed by atoms with van der Waals surface area (Å²) in [7, 11) is 0. The van der Waals surface area contributed by atoms with Gasteiger partial charge in [0.05, 0.1) is 0 Å². The van der Waals surface area contributed by atoms with E-state index in [9.17, 15) is 0 Å². The van der Waals surface area contributed by atoms with Crippen LogP contribution in [0.5, 0.6) is 0 Å². The van der Waals surface area contributed by atoms with Crippen LogP contribution in [0.3, 0.4) is 0 Å². The molecule has 14 heavy (non-hydrogen) atoms. The molecule has 1 aromatic carbocycles. The Labute approximate surface area is 85.8 Å². The first kappa shape index (κ1) is 11.2. The predicted molar refractivity (Wildman–Crippen MR) is 59.3 cm³/mol. The lowest BCUT2D eigenvalue weighted by atomic mass is 9.87. The van der Waals surface area contributed by atoms with Crippen molar-refractivity contribution in [1.82, 2.24) is 0 Å². The molecule has 0 aromatic heterocycles. The first-order valence-corrected chi connectivity index (χ1v) is 5.08. The van der Waals surface area contributed by atoms with Gasteiger partial charge < -0.3 is 10.8 Å². The fraction of sp³-hybridized carbons (Fsp3) is 0.500. The van der Waals surface area contributed by atoms with E-state index in [0.717, 1.165) is 6.42 Å². The minimum Gasteiger partial charge on any atom is -0.396 e. The lowest BCUT2D eigenvalue weighted by molar-refractivity contribution is 0.269. The Hall–Kier alpha value is -0.860. The molecule has 0 aliphatic carbocycles. The van der Waals surface area contributed by atoms with Gasteiger partial charge in [-0.15, -0.1) is 0 Å². The van der Waals surface area contributed by atoms with Crippen molar-refractivity contribution in [2.45, 2.75) is 32.2 Å². The average molecular weight is 193 g/mol. The van der Waals surface area contributed by atoms with Crippen LogP contribution < -0.4 is 5.73 Å². The number of benzene rings is 1. The maximum atomic E-state index is 8.98. The first-order chi connectivity index (χ1) is 6.66. The molecule has 2 atom stereocenters. The Morgan fingerprint density at radius 3 is 2.50 bits per heavy atom. The van der Waals surface area contributed by atoms with Crippen molar-refractivity contribution in [3.05, 3.63) is 35.4 Å². The molecule has 1 rings (SSSR count). The summed E-state index contributed by atoms with van der Waals surface area (Å²) in [6, 6.07) is 8.31. The van der Waals surface area contributed by atoms with E-state index in [2.05, 4.69) is 19.1 Å². The quantitative estimate of drug-likeness (QED) is 0.766. The Kier molecular flexibility index (Phi) is 4.11. The molecule has 0 aliphatic rings. The van der Waals surface area contributed by atoms with E-state index in [1.165, 1.54) is 11.1 Å². The van der Waals surface area contributed by atoms with Crippen LogP contribution in [0.1, 0.15) is 30.4 Å². The second-order valence-electron chi connectivity index (χ2n) is 3.83. The Balaban J connectivity index is 2.93. The lowest BCUT2D eigenvalue weighted by Crippen LogP contribution is -2.26. The van der Waals surface area contributed by atoms with Crippen molar-refractivity contribution in [2.24, 2.45) is 5.73 Å². The number of aliphatic hydroxyl groups excluding tert-OH is 1. The average Bonchev–Trinajstić information content (AvgIpc) is 2.15. The molecule has 0 spiro atoms. The molecule has 0 amide bonds. The summed E-state index contributed by atoms with van der Waals surface area (Å²) in [6.07, 6.45) is 0.739. The van der Waals surface area contributed by atoms with Crippen molar-refractivity contribution < 1.29 is 5.11 Å². The second kappa shape index (κ2) is 5.13. The number of aryl methyl sites for hydroxylation is 1. The van der Waals surface area contributed by atoms with Crippen molar-refractivity contribution in [3.63, 3.8) is 0 Å². The van der Waals surface area contributed by atoms with Crippen LogP contribution in [0.25, 0.3) is 0 Å². The molecule has 1 aromatic rings. The Morgan fingerprint density at radius 1 is 1.36 bits per heavy atom. The normalized spacial score (nSPS) is 15.1. The number of hydrogen-bond donors (Lipinski definition) is 2. The van der Waals surface area contributed by atoms with Crippen molar-refractivity contribution in [3.8, 4) is 0 Å². The van der Waals surface area contributed by atoms with Gasteiger partial charge >= 0.3 is 0 Å². The smallest absolute Gasteiger partial charge is 0.0437 e. The van der Waals surface area contributed by atoms with E-state index >= 15 is 0 Å². The molecule has 3 N–H and O–H groups in total. The summed E-state index contributed by atoms with van der Waals surface area (Å²) in [5.74, 6) is 0.265. The lowest BCUT2D eigenvalue weighted by Gasteiger charge is -2.22. The van der Waals surface area contributed by atoms with Gasteiger partial charge in [-0.05, 0) is 31.4 Å². The van der Waals surface area contributed by atoms with E-state index in [0.29, 0.717) is 0 Å². The van der Waals surface area contributed by atoms with Crippen molar-refractivity contribution >= 4 is 0 Å². The molecular formula is C12H19NO. The molecule has 2 unspecified atom stereocenters. The summed E-state index contributed by atoms with van der Waals surface area (Å²) in [4.78, 5) is 0. The van der Waals surface area contributed by atoms with Gasteiger partial charge in [0, 0.05) is 18.6 Å². The van der Waals surface area contributed by atoms with Gasteiger partial charge in [-0.2, -0.15) is 0 Å². The molecule has 78 valence electrons. The number of aliphatic hydroxyl groups is 1. The highest BCUT2D eigenvalue weighted by Gasteiger charge is 2.16. The van der Waals surface area contributed by atoms with E-state index < -0.39 is 0 Å². The molecule has 0 aliphatic heterocycles. The highest BCUT2D eigenvalue weighted by atomic mass is 16.3. The van der Waals surface area contributed by atoms with Crippen LogP contribution in [0.2, 0.25) is 0 Å². The number of nitrogens with two attached hydrogens (primary N) is 1. The first-order valence-electron chi connectivity index (χ1n) is 5.08. The van der Waals surface area contributed by atoms with E-state index in [4.69, 9.17) is 10.8 Å². The topological polar surface area (TPSA) is 46.2 Å². The molecule has 0 bridgehead atoms. The van der Waals surface area contributed by atoms with Gasteiger partial charge in [0.25, 0.3) is 0 Å². The molecule has 0 saturated carbocycles. The monoisotopic (exact) mass is 193 g/mol. The predicted octanol–water partition coefficient (Wildman–Crippen LogP) is 1.81. The van der Waals surface area contributed by atoms with Gasteiger partial charge in [-0.25, -0.2) is 0 Å². The number of rotatable bonds is 4. The van der Waals surface area contributed by atoms with Crippen LogP contribution in [0.15, 0.2) is 24.3 Å². The van der Waals surface area contributed by atoms with Gasteiger partial charge in [0.2, 0.25) is 0 Å². The highest BCUT2D eigenvalue weighted by Crippen LogP contribution is 2.24. The van der Waals surface area contributed by atoms with Crippen molar-refractivity contribution in [1.29, 1.82) is 0 Å². The summed E-state index contributed by atoms with van der Waals surface area (Å²) in [5.41, 5.74) is 8.43. The molecule has 0 heterocycles. The van der Waals surface area contributed by atoms with E-state index in [-0.39, 0.29) is 18.6 Å². The maximum absolute atomic E-state index is 8.98. The minimum atomic E-state index is 0.0863. The Morgan fingerprint density at radius 2 is 2.00 bits per heavy atom. The zero-order valence-electron chi connectivity index (χ0n) is 8.90. The molecule has 0 fully saturated rings. The summed E-state index contributed by atoms with van der Waals surface area (Å²) in [5, 5.41) is 8.98. The summed E-state index contributed by atoms with van der Waals surface area (Å²) < 4.78 is 0. The molecule has 0 radical (unpaired) electrons. The maximum Gasteiger partial charge on any atom is 0.0437 e. The summed E-state index contributed by atoms with van der Waals surface area (Å²) in [6.45, 7) is 4.27. The van der Waals surface area contributed by atoms with Crippen LogP contribution in [0.4, 0.5) is 0 Å². The van der Waals surface area contributed by atoms with Crippen LogP contribution in [0, 0.1) is 6.92 Å². The van der Waals surface area contributed by atoms with Crippen LogP contribution in [-0.4, -0.2) is 17.8 Å². The molecule has 2 nitrogen and oxygen atoms in total. The van der Waals surface area contributed by atoms with Gasteiger partial charge in [-0.3, -0.25) is 0 Å². The zero-order valence-corrected chi connectivity index (χ0v) is 8.90. The molecule has 0 saturated heterocycles. The minimum absolute atomic E-state index is 0.0863. The third kappa shape index (κ3) is 2.56.